The number of para-hydroxylation sites is 1. The Balaban J connectivity index is 1.30. The second-order valence-corrected chi connectivity index (χ2v) is 6.87. The number of benzene rings is 2. The van der Waals surface area contributed by atoms with Gasteiger partial charge in [0.1, 0.15) is 6.07 Å². The molecule has 2 heterocycles. The molecule has 29 heavy (non-hydrogen) atoms. The van der Waals surface area contributed by atoms with E-state index in [1.54, 1.807) is 29.2 Å². The summed E-state index contributed by atoms with van der Waals surface area (Å²) in [4.78, 5) is 28.6. The van der Waals surface area contributed by atoms with Crippen molar-refractivity contribution in [2.45, 2.75) is 6.54 Å². The number of nitrogens with zero attached hydrogens (tertiary/aromatic N) is 3. The first kappa shape index (κ1) is 18.8. The van der Waals surface area contributed by atoms with Crippen LogP contribution < -0.4 is 14.8 Å². The number of hydrogen-bond acceptors (Lipinski definition) is 6. The van der Waals surface area contributed by atoms with Gasteiger partial charge in [-0.2, -0.15) is 5.26 Å². The summed E-state index contributed by atoms with van der Waals surface area (Å²) in [6, 6.07) is 14.5. The summed E-state index contributed by atoms with van der Waals surface area (Å²) in [6.45, 7) is 3.26. The van der Waals surface area contributed by atoms with Gasteiger partial charge in [-0.1, -0.05) is 18.2 Å². The molecule has 0 unspecified atom stereocenters. The summed E-state index contributed by atoms with van der Waals surface area (Å²) in [5.41, 5.74) is 1.77. The Morgan fingerprint density at radius 1 is 1.03 bits per heavy atom. The van der Waals surface area contributed by atoms with Gasteiger partial charge in [-0.25, -0.2) is 0 Å². The van der Waals surface area contributed by atoms with Crippen molar-refractivity contribution in [3.63, 3.8) is 0 Å². The average Bonchev–Trinajstić information content (AvgIpc) is 3.22. The Bertz CT molecular complexity index is 977. The van der Waals surface area contributed by atoms with Crippen LogP contribution in [0.3, 0.4) is 0 Å². The molecule has 0 atom stereocenters. The zero-order valence-corrected chi connectivity index (χ0v) is 15.8. The Labute approximate surface area is 168 Å². The van der Waals surface area contributed by atoms with Gasteiger partial charge in [0, 0.05) is 32.7 Å². The maximum atomic E-state index is 12.5. The lowest BCUT2D eigenvalue weighted by atomic mass is 10.1. The molecule has 0 aromatic heterocycles. The Hall–Kier alpha value is -3.57. The van der Waals surface area contributed by atoms with E-state index in [4.69, 9.17) is 14.7 Å². The van der Waals surface area contributed by atoms with Crippen molar-refractivity contribution in [3.05, 3.63) is 53.6 Å². The van der Waals surface area contributed by atoms with Crippen molar-refractivity contribution in [1.82, 2.24) is 9.80 Å². The van der Waals surface area contributed by atoms with Gasteiger partial charge in [-0.05, 0) is 29.8 Å². The number of hydrogen-bond donors (Lipinski definition) is 1. The molecule has 2 aromatic carbocycles. The molecule has 0 spiro atoms. The number of rotatable bonds is 3. The summed E-state index contributed by atoms with van der Waals surface area (Å²) in [7, 11) is 0. The number of carbonyl (C=O) groups is 2. The predicted molar refractivity (Wildman–Crippen MR) is 104 cm³/mol. The first-order valence-corrected chi connectivity index (χ1v) is 9.34. The molecule has 0 aliphatic carbocycles. The number of carbonyl (C=O) groups excluding carboxylic acids is 2. The normalized spacial score (nSPS) is 15.6. The van der Waals surface area contributed by atoms with E-state index in [0.717, 1.165) is 23.6 Å². The molecule has 0 bridgehead atoms. The van der Waals surface area contributed by atoms with Crippen molar-refractivity contribution in [3.8, 4) is 17.6 Å². The molecule has 0 saturated carbocycles. The molecule has 2 amide bonds. The lowest BCUT2D eigenvalue weighted by Gasteiger charge is -2.34. The van der Waals surface area contributed by atoms with E-state index in [0.29, 0.717) is 37.4 Å². The van der Waals surface area contributed by atoms with Gasteiger partial charge in [-0.15, -0.1) is 0 Å². The Morgan fingerprint density at radius 2 is 1.79 bits per heavy atom. The van der Waals surface area contributed by atoms with E-state index in [-0.39, 0.29) is 6.79 Å². The highest BCUT2D eigenvalue weighted by Crippen LogP contribution is 2.32. The third-order valence-corrected chi connectivity index (χ3v) is 4.99. The molecule has 1 saturated heterocycles. The van der Waals surface area contributed by atoms with E-state index in [9.17, 15) is 9.59 Å². The Morgan fingerprint density at radius 3 is 2.59 bits per heavy atom. The summed E-state index contributed by atoms with van der Waals surface area (Å²) >= 11 is 0. The Kier molecular flexibility index (Phi) is 5.31. The van der Waals surface area contributed by atoms with E-state index < -0.39 is 11.8 Å². The number of amides is 2. The fraction of sp³-hybridized carbons (Fsp3) is 0.286. The zero-order valence-electron chi connectivity index (χ0n) is 15.8. The SMILES string of the molecule is N#Cc1ccccc1NC(=O)C(=O)N1CCN(Cc2ccc3c(c2)OCO3)CC1. The molecule has 148 valence electrons. The molecule has 2 aliphatic rings. The van der Waals surface area contributed by atoms with Gasteiger partial charge in [0.2, 0.25) is 6.79 Å². The van der Waals surface area contributed by atoms with Gasteiger partial charge in [0.05, 0.1) is 11.3 Å². The number of anilines is 1. The first-order valence-electron chi connectivity index (χ1n) is 9.34. The average molecular weight is 392 g/mol. The van der Waals surface area contributed by atoms with Crippen LogP contribution in [0.25, 0.3) is 0 Å². The third kappa shape index (κ3) is 4.15. The van der Waals surface area contributed by atoms with Crippen LogP contribution in [0.5, 0.6) is 11.5 Å². The zero-order chi connectivity index (χ0) is 20.2. The summed E-state index contributed by atoms with van der Waals surface area (Å²) in [6.07, 6.45) is 0. The van der Waals surface area contributed by atoms with Gasteiger partial charge in [0.15, 0.2) is 11.5 Å². The highest BCUT2D eigenvalue weighted by molar-refractivity contribution is 6.39. The topological polar surface area (TPSA) is 94.9 Å². The second-order valence-electron chi connectivity index (χ2n) is 6.87. The molecule has 4 rings (SSSR count). The van der Waals surface area contributed by atoms with Crippen molar-refractivity contribution >= 4 is 17.5 Å². The lowest BCUT2D eigenvalue weighted by Crippen LogP contribution is -2.51. The van der Waals surface area contributed by atoms with Crippen LogP contribution in [0, 0.1) is 11.3 Å². The molecular formula is C21H20N4O4. The number of nitriles is 1. The molecule has 1 fully saturated rings. The minimum absolute atomic E-state index is 0.250. The van der Waals surface area contributed by atoms with Crippen LogP contribution in [0.15, 0.2) is 42.5 Å². The predicted octanol–water partition coefficient (Wildman–Crippen LogP) is 1.57. The van der Waals surface area contributed by atoms with Crippen LogP contribution in [0.4, 0.5) is 5.69 Å². The molecule has 1 N–H and O–H groups in total. The number of ether oxygens (including phenoxy) is 2. The third-order valence-electron chi connectivity index (χ3n) is 4.99. The standard InChI is InChI=1S/C21H20N4O4/c22-12-16-3-1-2-4-17(16)23-20(26)21(27)25-9-7-24(8-10-25)13-15-5-6-18-19(11-15)29-14-28-18/h1-6,11H,7-10,13-14H2,(H,23,26). The molecule has 8 heteroatoms. The monoisotopic (exact) mass is 392 g/mol. The first-order chi connectivity index (χ1) is 14.1. The largest absolute Gasteiger partial charge is 0.454 e. The number of fused-ring (bicyclic) bond motifs is 1. The smallest absolute Gasteiger partial charge is 0.313 e. The van der Waals surface area contributed by atoms with Crippen molar-refractivity contribution in [2.24, 2.45) is 0 Å². The molecule has 8 nitrogen and oxygen atoms in total. The minimum atomic E-state index is -0.725. The van der Waals surface area contributed by atoms with Crippen molar-refractivity contribution < 1.29 is 19.1 Å². The van der Waals surface area contributed by atoms with Gasteiger partial charge < -0.3 is 19.7 Å². The lowest BCUT2D eigenvalue weighted by molar-refractivity contribution is -0.144. The minimum Gasteiger partial charge on any atom is -0.454 e. The molecule has 2 aromatic rings. The quantitative estimate of drug-likeness (QED) is 0.797. The van der Waals surface area contributed by atoms with Gasteiger partial charge in [0.25, 0.3) is 0 Å². The molecule has 0 radical (unpaired) electrons. The fourth-order valence-corrected chi connectivity index (χ4v) is 3.42. The summed E-state index contributed by atoms with van der Waals surface area (Å²) < 4.78 is 10.7. The number of piperazine rings is 1. The van der Waals surface area contributed by atoms with Gasteiger partial charge >= 0.3 is 11.8 Å². The second kappa shape index (κ2) is 8.20. The highest BCUT2D eigenvalue weighted by Gasteiger charge is 2.26. The van der Waals surface area contributed by atoms with Crippen molar-refractivity contribution in [1.29, 1.82) is 5.26 Å². The van der Waals surface area contributed by atoms with Crippen LogP contribution in [-0.4, -0.2) is 54.6 Å². The molecular weight excluding hydrogens is 372 g/mol. The summed E-state index contributed by atoms with van der Waals surface area (Å²) in [5.74, 6) is 0.205. The van der Waals surface area contributed by atoms with Crippen LogP contribution in [-0.2, 0) is 16.1 Å². The van der Waals surface area contributed by atoms with Crippen LogP contribution in [0.1, 0.15) is 11.1 Å². The number of nitrogens with one attached hydrogen (secondary N) is 1. The maximum Gasteiger partial charge on any atom is 0.313 e. The van der Waals surface area contributed by atoms with Crippen molar-refractivity contribution in [2.75, 3.05) is 38.3 Å². The summed E-state index contributed by atoms with van der Waals surface area (Å²) in [5, 5.41) is 11.6. The van der Waals surface area contributed by atoms with Gasteiger partial charge in [-0.3, -0.25) is 14.5 Å². The highest BCUT2D eigenvalue weighted by atomic mass is 16.7. The van der Waals surface area contributed by atoms with Crippen LogP contribution >= 0.6 is 0 Å². The maximum absolute atomic E-state index is 12.5. The van der Waals surface area contributed by atoms with Crippen LogP contribution in [0.2, 0.25) is 0 Å². The van der Waals surface area contributed by atoms with E-state index in [2.05, 4.69) is 10.2 Å². The van der Waals surface area contributed by atoms with E-state index in [1.807, 2.05) is 24.3 Å². The fourth-order valence-electron chi connectivity index (χ4n) is 3.42. The van der Waals surface area contributed by atoms with E-state index >= 15 is 0 Å². The molecule has 2 aliphatic heterocycles. The van der Waals surface area contributed by atoms with E-state index in [1.165, 1.54) is 0 Å².